The number of rotatable bonds is 7. The fourth-order valence-corrected chi connectivity index (χ4v) is 9.65. The number of benzene rings is 7. The van der Waals surface area contributed by atoms with Crippen molar-refractivity contribution in [2.45, 2.75) is 119 Å². The van der Waals surface area contributed by atoms with Gasteiger partial charge in [-0.25, -0.2) is 24.9 Å². The van der Waals surface area contributed by atoms with Gasteiger partial charge in [0.25, 0.3) is 0 Å². The van der Waals surface area contributed by atoms with Gasteiger partial charge in [-0.15, -0.1) is 0 Å². The maximum atomic E-state index is 5.50. The highest BCUT2D eigenvalue weighted by Crippen LogP contribution is 2.41. The van der Waals surface area contributed by atoms with E-state index in [0.29, 0.717) is 23.3 Å². The molecule has 0 aliphatic carbocycles. The Morgan fingerprint density at radius 1 is 0.315 bits per heavy atom. The Kier molecular flexibility index (Phi) is 12.2. The van der Waals surface area contributed by atoms with Gasteiger partial charge in [0.15, 0.2) is 23.3 Å². The van der Waals surface area contributed by atoms with E-state index in [1.807, 2.05) is 12.1 Å². The minimum absolute atomic E-state index is 0.112. The highest BCUT2D eigenvalue weighted by atomic mass is 15.0. The van der Waals surface area contributed by atoms with Crippen molar-refractivity contribution in [3.63, 3.8) is 0 Å². The summed E-state index contributed by atoms with van der Waals surface area (Å²) in [6, 6.07) is 56.8. The van der Waals surface area contributed by atoms with Crippen LogP contribution in [0.15, 0.2) is 158 Å². The Labute approximate surface area is 432 Å². The predicted molar refractivity (Wildman–Crippen MR) is 307 cm³/mol. The highest BCUT2D eigenvalue weighted by molar-refractivity contribution is 6.10. The summed E-state index contributed by atoms with van der Waals surface area (Å²) in [7, 11) is 0. The molecular weight excluding hydrogens is 889 g/mol. The minimum atomic E-state index is -0.112. The Morgan fingerprint density at radius 3 is 1.08 bits per heavy atom. The number of hydrogen-bond donors (Lipinski definition) is 0. The Hall–Kier alpha value is -7.57. The van der Waals surface area contributed by atoms with Gasteiger partial charge in [0.05, 0.1) is 28.1 Å². The fraction of sp³-hybridized carbons (Fsp3) is 0.269. The van der Waals surface area contributed by atoms with E-state index in [-0.39, 0.29) is 21.7 Å². The average Bonchev–Trinajstić information content (AvgIpc) is 3.67. The van der Waals surface area contributed by atoms with E-state index in [1.165, 1.54) is 44.2 Å². The molecule has 10 aromatic rings. The lowest BCUT2D eigenvalue weighted by molar-refractivity contribution is 0.568. The molecule has 0 unspecified atom stereocenters. The van der Waals surface area contributed by atoms with Gasteiger partial charge >= 0.3 is 0 Å². The van der Waals surface area contributed by atoms with Crippen molar-refractivity contribution >= 4 is 21.8 Å². The topological polar surface area (TPSA) is 69.4 Å². The number of hydrogen-bond acceptors (Lipinski definition) is 5. The summed E-state index contributed by atoms with van der Waals surface area (Å²) >= 11 is 0. The van der Waals surface area contributed by atoms with Gasteiger partial charge in [-0.1, -0.05) is 179 Å². The van der Waals surface area contributed by atoms with Crippen LogP contribution >= 0.6 is 0 Å². The summed E-state index contributed by atoms with van der Waals surface area (Å²) in [5.41, 5.74) is 17.4. The van der Waals surface area contributed by atoms with Gasteiger partial charge in [0, 0.05) is 44.2 Å². The van der Waals surface area contributed by atoms with E-state index in [4.69, 9.17) is 24.9 Å². The van der Waals surface area contributed by atoms with Crippen LogP contribution in [0.25, 0.3) is 95.6 Å². The maximum Gasteiger partial charge on any atom is 0.164 e. The molecule has 10 rings (SSSR count). The van der Waals surface area contributed by atoms with E-state index in [2.05, 4.69) is 247 Å². The lowest BCUT2D eigenvalue weighted by Crippen LogP contribution is -2.17. The van der Waals surface area contributed by atoms with Gasteiger partial charge < -0.3 is 4.57 Å². The normalized spacial score (nSPS) is 12.5. The van der Waals surface area contributed by atoms with Gasteiger partial charge in [-0.05, 0) is 131 Å². The van der Waals surface area contributed by atoms with Crippen LogP contribution in [-0.2, 0) is 21.7 Å². The number of aromatic nitrogens is 6. The molecule has 0 aliphatic heterocycles. The molecule has 0 radical (unpaired) electrons. The third-order valence-corrected chi connectivity index (χ3v) is 14.2. The first kappa shape index (κ1) is 49.0. The molecule has 0 spiro atoms. The summed E-state index contributed by atoms with van der Waals surface area (Å²) in [5, 5.41) is 2.40. The van der Waals surface area contributed by atoms with Crippen LogP contribution in [0.3, 0.4) is 0 Å². The largest absolute Gasteiger partial charge is 0.309 e. The van der Waals surface area contributed by atoms with Gasteiger partial charge in [-0.2, -0.15) is 0 Å². The number of aryl methyl sites for hydroxylation is 2. The molecule has 7 aromatic carbocycles. The Bertz CT molecular complexity index is 3450. The van der Waals surface area contributed by atoms with Crippen molar-refractivity contribution in [3.8, 4) is 73.8 Å². The van der Waals surface area contributed by atoms with Gasteiger partial charge in [-0.3, -0.25) is 0 Å². The molecule has 0 atom stereocenters. The van der Waals surface area contributed by atoms with E-state index in [1.54, 1.807) is 0 Å². The first-order valence-corrected chi connectivity index (χ1v) is 25.7. The van der Waals surface area contributed by atoms with Crippen LogP contribution in [0.4, 0.5) is 0 Å². The fourth-order valence-electron chi connectivity index (χ4n) is 9.65. The standard InChI is InChI=1S/C67H68N6/c1-41-25-28-57-52(31-41)53-32-42(2)26-29-58(53)73(57)59-30-27-45(37-54(59)63-68-55(43-21-17-15-18-22-43)40-56(69-63)44-23-19-16-20-24-44)60-70-61(46-33-48(64(3,4)5)38-49(34-46)65(6,7)8)72-62(71-60)47-35-50(66(9,10)11)39-51(36-47)67(12,13)14/h15-40H,1-14H3. The molecule has 0 saturated heterocycles. The zero-order chi connectivity index (χ0) is 51.8. The van der Waals surface area contributed by atoms with Crippen LogP contribution in [0.5, 0.6) is 0 Å². The molecule has 0 saturated carbocycles. The van der Waals surface area contributed by atoms with Crippen molar-refractivity contribution in [3.05, 3.63) is 191 Å². The first-order valence-electron chi connectivity index (χ1n) is 25.7. The Morgan fingerprint density at radius 2 is 0.699 bits per heavy atom. The van der Waals surface area contributed by atoms with E-state index < -0.39 is 0 Å². The maximum absolute atomic E-state index is 5.50. The second-order valence-electron chi connectivity index (χ2n) is 24.2. The second kappa shape index (κ2) is 18.2. The van der Waals surface area contributed by atoms with E-state index >= 15 is 0 Å². The molecule has 73 heavy (non-hydrogen) atoms. The quantitative estimate of drug-likeness (QED) is 0.159. The predicted octanol–water partition coefficient (Wildman–Crippen LogP) is 17.6. The van der Waals surface area contributed by atoms with Crippen LogP contribution in [0.1, 0.15) is 116 Å². The van der Waals surface area contributed by atoms with Crippen LogP contribution in [0, 0.1) is 13.8 Å². The minimum Gasteiger partial charge on any atom is -0.309 e. The summed E-state index contributed by atoms with van der Waals surface area (Å²) < 4.78 is 2.38. The third kappa shape index (κ3) is 9.88. The van der Waals surface area contributed by atoms with Crippen molar-refractivity contribution in [1.29, 1.82) is 0 Å². The molecule has 3 aromatic heterocycles. The van der Waals surface area contributed by atoms with Crippen molar-refractivity contribution in [2.75, 3.05) is 0 Å². The lowest BCUT2D eigenvalue weighted by atomic mass is 9.79. The second-order valence-corrected chi connectivity index (χ2v) is 24.2. The lowest BCUT2D eigenvalue weighted by Gasteiger charge is -2.26. The van der Waals surface area contributed by atoms with Crippen LogP contribution in [0.2, 0.25) is 0 Å². The zero-order valence-electron chi connectivity index (χ0n) is 45.2. The molecule has 0 aliphatic rings. The van der Waals surface area contributed by atoms with Crippen LogP contribution < -0.4 is 0 Å². The summed E-state index contributed by atoms with van der Waals surface area (Å²) in [6.07, 6.45) is 0. The monoisotopic (exact) mass is 957 g/mol. The van der Waals surface area contributed by atoms with E-state index in [9.17, 15) is 0 Å². The number of nitrogens with zero attached hydrogens (tertiary/aromatic N) is 6. The van der Waals surface area contributed by atoms with Gasteiger partial charge in [0.1, 0.15) is 0 Å². The molecule has 0 amide bonds. The molecule has 3 heterocycles. The number of fused-ring (bicyclic) bond motifs is 3. The summed E-state index contributed by atoms with van der Waals surface area (Å²) in [4.78, 5) is 27.4. The van der Waals surface area contributed by atoms with Crippen molar-refractivity contribution < 1.29 is 0 Å². The summed E-state index contributed by atoms with van der Waals surface area (Å²) in [5.74, 6) is 2.42. The molecule has 6 heteroatoms. The molecule has 6 nitrogen and oxygen atoms in total. The molecule has 0 fully saturated rings. The zero-order valence-corrected chi connectivity index (χ0v) is 45.2. The van der Waals surface area contributed by atoms with Crippen molar-refractivity contribution in [2.24, 2.45) is 0 Å². The highest BCUT2D eigenvalue weighted by Gasteiger charge is 2.27. The SMILES string of the molecule is Cc1ccc2c(c1)c1cc(C)ccc1n2-c1ccc(-c2nc(-c3cc(C(C)(C)C)cc(C(C)(C)C)c3)nc(-c3cc(C(C)(C)C)cc(C(C)(C)C)c3)n2)cc1-c1nc(-c2ccccc2)cc(-c2ccccc2)n1. The summed E-state index contributed by atoms with van der Waals surface area (Å²) in [6.45, 7) is 31.6. The molecular formula is C67H68N6. The van der Waals surface area contributed by atoms with Gasteiger partial charge in [0.2, 0.25) is 0 Å². The smallest absolute Gasteiger partial charge is 0.164 e. The third-order valence-electron chi connectivity index (χ3n) is 14.2. The molecule has 366 valence electrons. The van der Waals surface area contributed by atoms with Crippen molar-refractivity contribution in [1.82, 2.24) is 29.5 Å². The molecule has 0 bridgehead atoms. The Balaban J connectivity index is 1.31. The van der Waals surface area contributed by atoms with E-state index in [0.717, 1.165) is 61.5 Å². The van der Waals surface area contributed by atoms with Crippen LogP contribution in [-0.4, -0.2) is 29.5 Å². The average molecular weight is 957 g/mol. The first-order chi connectivity index (χ1) is 34.5. The molecule has 0 N–H and O–H groups in total.